The highest BCUT2D eigenvalue weighted by molar-refractivity contribution is 5.92. The summed E-state index contributed by atoms with van der Waals surface area (Å²) in [6.07, 6.45) is 1.59. The summed E-state index contributed by atoms with van der Waals surface area (Å²) in [5.74, 6) is 0.140. The molecule has 0 aliphatic heterocycles. The average Bonchev–Trinajstić information content (AvgIpc) is 2.77. The largest absolute Gasteiger partial charge is 0.363 e. The fourth-order valence-electron chi connectivity index (χ4n) is 2.20. The van der Waals surface area contributed by atoms with Gasteiger partial charge in [0.05, 0.1) is 11.2 Å². The van der Waals surface area contributed by atoms with Gasteiger partial charge in [0, 0.05) is 17.1 Å². The molecule has 20 heavy (non-hydrogen) atoms. The lowest BCUT2D eigenvalue weighted by Crippen LogP contribution is -2.14. The minimum atomic E-state index is -0.637. The SMILES string of the molecule is Cc1noc(C)c1-c1ccc2nc(C(N)=O)ncc2c1. The van der Waals surface area contributed by atoms with Crippen LogP contribution in [0.25, 0.3) is 22.0 Å². The Bertz CT molecular complexity index is 804. The monoisotopic (exact) mass is 268 g/mol. The molecular weight excluding hydrogens is 256 g/mol. The van der Waals surface area contributed by atoms with Crippen molar-refractivity contribution in [2.75, 3.05) is 0 Å². The van der Waals surface area contributed by atoms with Gasteiger partial charge in [-0.3, -0.25) is 4.79 Å². The van der Waals surface area contributed by atoms with E-state index in [-0.39, 0.29) is 5.82 Å². The molecule has 6 heteroatoms. The van der Waals surface area contributed by atoms with Gasteiger partial charge in [0.2, 0.25) is 5.82 Å². The van der Waals surface area contributed by atoms with Gasteiger partial charge in [-0.2, -0.15) is 0 Å². The van der Waals surface area contributed by atoms with Crippen LogP contribution >= 0.6 is 0 Å². The van der Waals surface area contributed by atoms with Gasteiger partial charge in [-0.25, -0.2) is 9.97 Å². The molecular formula is C14H12N4O2. The van der Waals surface area contributed by atoms with Gasteiger partial charge in [-0.1, -0.05) is 11.2 Å². The lowest BCUT2D eigenvalue weighted by molar-refractivity contribution is 0.0991. The zero-order valence-electron chi connectivity index (χ0n) is 11.0. The van der Waals surface area contributed by atoms with Crippen molar-refractivity contribution in [3.05, 3.63) is 41.7 Å². The number of carbonyl (C=O) groups is 1. The van der Waals surface area contributed by atoms with Crippen LogP contribution in [0.3, 0.4) is 0 Å². The van der Waals surface area contributed by atoms with Gasteiger partial charge in [0.25, 0.3) is 5.91 Å². The first-order chi connectivity index (χ1) is 9.56. The maximum absolute atomic E-state index is 11.1. The summed E-state index contributed by atoms with van der Waals surface area (Å²) in [7, 11) is 0. The van der Waals surface area contributed by atoms with Gasteiger partial charge < -0.3 is 10.3 Å². The molecule has 100 valence electrons. The molecule has 0 unspecified atom stereocenters. The zero-order chi connectivity index (χ0) is 14.3. The Morgan fingerprint density at radius 3 is 2.75 bits per heavy atom. The molecule has 0 fully saturated rings. The van der Waals surface area contributed by atoms with Crippen LogP contribution in [0.15, 0.2) is 28.9 Å². The van der Waals surface area contributed by atoms with Gasteiger partial charge in [-0.15, -0.1) is 0 Å². The number of aryl methyl sites for hydroxylation is 2. The third-order valence-corrected chi connectivity index (χ3v) is 3.12. The van der Waals surface area contributed by atoms with E-state index in [4.69, 9.17) is 10.3 Å². The van der Waals surface area contributed by atoms with E-state index in [0.29, 0.717) is 5.52 Å². The lowest BCUT2D eigenvalue weighted by atomic mass is 10.0. The number of amides is 1. The number of hydrogen-bond donors (Lipinski definition) is 1. The number of fused-ring (bicyclic) bond motifs is 1. The quantitative estimate of drug-likeness (QED) is 0.767. The first kappa shape index (κ1) is 12.3. The maximum Gasteiger partial charge on any atom is 0.286 e. The number of benzene rings is 1. The van der Waals surface area contributed by atoms with Gasteiger partial charge in [0.15, 0.2) is 0 Å². The van der Waals surface area contributed by atoms with Crippen molar-refractivity contribution in [3.63, 3.8) is 0 Å². The summed E-state index contributed by atoms with van der Waals surface area (Å²) in [6, 6.07) is 5.67. The number of nitrogens with two attached hydrogens (primary N) is 1. The van der Waals surface area contributed by atoms with Crippen LogP contribution in [0.2, 0.25) is 0 Å². The van der Waals surface area contributed by atoms with Crippen molar-refractivity contribution in [2.24, 2.45) is 5.73 Å². The van der Waals surface area contributed by atoms with Crippen LogP contribution < -0.4 is 5.73 Å². The average molecular weight is 268 g/mol. The van der Waals surface area contributed by atoms with Crippen LogP contribution in [-0.2, 0) is 0 Å². The fraction of sp³-hybridized carbons (Fsp3) is 0.143. The van der Waals surface area contributed by atoms with E-state index in [1.807, 2.05) is 32.0 Å². The fourth-order valence-corrected chi connectivity index (χ4v) is 2.20. The van der Waals surface area contributed by atoms with E-state index in [1.165, 1.54) is 0 Å². The summed E-state index contributed by atoms with van der Waals surface area (Å²) in [4.78, 5) is 19.1. The molecule has 0 radical (unpaired) electrons. The minimum absolute atomic E-state index is 0.0163. The number of nitrogens with zero attached hydrogens (tertiary/aromatic N) is 3. The molecule has 1 amide bonds. The van der Waals surface area contributed by atoms with Gasteiger partial charge in [0.1, 0.15) is 5.76 Å². The zero-order valence-corrected chi connectivity index (χ0v) is 11.0. The van der Waals surface area contributed by atoms with Crippen molar-refractivity contribution in [1.82, 2.24) is 15.1 Å². The topological polar surface area (TPSA) is 94.9 Å². The Morgan fingerprint density at radius 1 is 1.30 bits per heavy atom. The predicted molar refractivity (Wildman–Crippen MR) is 73.0 cm³/mol. The summed E-state index contributed by atoms with van der Waals surface area (Å²) in [6.45, 7) is 3.76. The molecule has 0 aliphatic carbocycles. The second-order valence-electron chi connectivity index (χ2n) is 4.53. The summed E-state index contributed by atoms with van der Waals surface area (Å²) < 4.78 is 5.17. The summed E-state index contributed by atoms with van der Waals surface area (Å²) in [5, 5.41) is 4.77. The highest BCUT2D eigenvalue weighted by Gasteiger charge is 2.12. The van der Waals surface area contributed by atoms with E-state index in [2.05, 4.69) is 15.1 Å². The van der Waals surface area contributed by atoms with Gasteiger partial charge >= 0.3 is 0 Å². The van der Waals surface area contributed by atoms with Crippen LogP contribution in [0.4, 0.5) is 0 Å². The Kier molecular flexibility index (Phi) is 2.71. The second-order valence-corrected chi connectivity index (χ2v) is 4.53. The smallest absolute Gasteiger partial charge is 0.286 e. The van der Waals surface area contributed by atoms with Crippen molar-refractivity contribution in [2.45, 2.75) is 13.8 Å². The molecule has 2 N–H and O–H groups in total. The number of carbonyl (C=O) groups excluding carboxylic acids is 1. The molecule has 0 aliphatic rings. The van der Waals surface area contributed by atoms with Crippen molar-refractivity contribution < 1.29 is 9.32 Å². The predicted octanol–water partition coefficient (Wildman–Crippen LogP) is 2.00. The molecule has 6 nitrogen and oxygen atoms in total. The van der Waals surface area contributed by atoms with E-state index >= 15 is 0 Å². The maximum atomic E-state index is 11.1. The highest BCUT2D eigenvalue weighted by atomic mass is 16.5. The van der Waals surface area contributed by atoms with Crippen LogP contribution in [0.5, 0.6) is 0 Å². The molecule has 2 aromatic heterocycles. The van der Waals surface area contributed by atoms with Crippen molar-refractivity contribution in [3.8, 4) is 11.1 Å². The second kappa shape index (κ2) is 4.41. The van der Waals surface area contributed by atoms with E-state index in [0.717, 1.165) is 28.0 Å². The third kappa shape index (κ3) is 1.91. The normalized spacial score (nSPS) is 10.9. The molecule has 0 atom stereocenters. The first-order valence-corrected chi connectivity index (χ1v) is 6.06. The molecule has 3 rings (SSSR count). The first-order valence-electron chi connectivity index (χ1n) is 6.06. The number of rotatable bonds is 2. The Balaban J connectivity index is 2.17. The number of aromatic nitrogens is 3. The Labute approximate surface area is 114 Å². The number of hydrogen-bond acceptors (Lipinski definition) is 5. The van der Waals surface area contributed by atoms with Crippen LogP contribution in [0, 0.1) is 13.8 Å². The summed E-state index contributed by atoms with van der Waals surface area (Å²) >= 11 is 0. The van der Waals surface area contributed by atoms with E-state index < -0.39 is 5.91 Å². The molecule has 0 saturated carbocycles. The Hall–Kier alpha value is -2.76. The van der Waals surface area contributed by atoms with Crippen LogP contribution in [0.1, 0.15) is 22.1 Å². The minimum Gasteiger partial charge on any atom is -0.363 e. The van der Waals surface area contributed by atoms with E-state index in [9.17, 15) is 4.79 Å². The third-order valence-electron chi connectivity index (χ3n) is 3.12. The molecule has 1 aromatic carbocycles. The number of primary amides is 1. The van der Waals surface area contributed by atoms with Crippen molar-refractivity contribution >= 4 is 16.8 Å². The van der Waals surface area contributed by atoms with Crippen molar-refractivity contribution in [1.29, 1.82) is 0 Å². The lowest BCUT2D eigenvalue weighted by Gasteiger charge is -2.03. The molecule has 0 spiro atoms. The van der Waals surface area contributed by atoms with Gasteiger partial charge in [-0.05, 0) is 31.5 Å². The molecule has 0 saturated heterocycles. The van der Waals surface area contributed by atoms with E-state index in [1.54, 1.807) is 6.20 Å². The highest BCUT2D eigenvalue weighted by Crippen LogP contribution is 2.28. The standard InChI is InChI=1S/C14H12N4O2/c1-7-12(8(2)20-18-7)9-3-4-11-10(5-9)6-16-14(17-11)13(15)19/h3-6H,1-2H3,(H2,15,19). The molecule has 2 heterocycles. The molecule has 0 bridgehead atoms. The Morgan fingerprint density at radius 2 is 2.10 bits per heavy atom. The summed E-state index contributed by atoms with van der Waals surface area (Å²) in [5.41, 5.74) is 8.61. The van der Waals surface area contributed by atoms with Crippen LogP contribution in [-0.4, -0.2) is 21.0 Å². The molecule has 3 aromatic rings.